The van der Waals surface area contributed by atoms with Crippen molar-refractivity contribution in [2.45, 2.75) is 26.7 Å². The highest BCUT2D eigenvalue weighted by molar-refractivity contribution is 5.87. The van der Waals surface area contributed by atoms with E-state index in [2.05, 4.69) is 0 Å². The summed E-state index contributed by atoms with van der Waals surface area (Å²) >= 11 is 0. The maximum absolute atomic E-state index is 11.3. The second kappa shape index (κ2) is 3.37. The number of carboxylic acid groups (broad SMARTS) is 1. The Hall–Kier alpha value is -1.77. The summed E-state index contributed by atoms with van der Waals surface area (Å²) in [6, 6.07) is 7.83. The average Bonchev–Trinajstić information content (AvgIpc) is 2.70. The molecule has 18 heavy (non-hydrogen) atoms. The maximum atomic E-state index is 11.3. The molecule has 0 spiro atoms. The monoisotopic (exact) mass is 244 g/mol. The Bertz CT molecular complexity index is 636. The van der Waals surface area contributed by atoms with E-state index in [-0.39, 0.29) is 17.3 Å². The Balaban J connectivity index is 2.17. The minimum absolute atomic E-state index is 0.0543. The fourth-order valence-electron chi connectivity index (χ4n) is 3.21. The Labute approximate surface area is 105 Å². The van der Waals surface area contributed by atoms with E-state index in [1.807, 2.05) is 45.0 Å². The van der Waals surface area contributed by atoms with Gasteiger partial charge in [0.05, 0.1) is 5.92 Å². The molecule has 1 saturated carbocycles. The first kappa shape index (κ1) is 11.3. The van der Waals surface area contributed by atoms with Gasteiger partial charge in [-0.1, -0.05) is 32.0 Å². The van der Waals surface area contributed by atoms with Gasteiger partial charge in [0.25, 0.3) is 0 Å². The number of aryl methyl sites for hydroxylation is 1. The number of carbonyl (C=O) groups is 1. The van der Waals surface area contributed by atoms with Crippen LogP contribution in [0, 0.1) is 18.3 Å². The third kappa shape index (κ3) is 1.33. The summed E-state index contributed by atoms with van der Waals surface area (Å²) in [5.41, 5.74) is 1.73. The molecule has 1 aliphatic rings. The number of aliphatic carboxylic acids is 1. The number of hydrogen-bond acceptors (Lipinski definition) is 2. The number of para-hydroxylation sites is 1. The smallest absolute Gasteiger partial charge is 0.307 e. The van der Waals surface area contributed by atoms with Crippen molar-refractivity contribution in [1.29, 1.82) is 0 Å². The van der Waals surface area contributed by atoms with E-state index in [9.17, 15) is 9.90 Å². The molecule has 3 nitrogen and oxygen atoms in total. The number of rotatable bonds is 2. The van der Waals surface area contributed by atoms with Crippen LogP contribution < -0.4 is 0 Å². The largest absolute Gasteiger partial charge is 0.481 e. The van der Waals surface area contributed by atoms with E-state index >= 15 is 0 Å². The lowest BCUT2D eigenvalue weighted by Gasteiger charge is -2.01. The summed E-state index contributed by atoms with van der Waals surface area (Å²) in [7, 11) is 0. The second-order valence-electron chi connectivity index (χ2n) is 5.68. The highest BCUT2D eigenvalue weighted by Gasteiger charge is 2.63. The van der Waals surface area contributed by atoms with Gasteiger partial charge in [-0.3, -0.25) is 4.79 Å². The molecule has 0 bridgehead atoms. The fourth-order valence-corrected chi connectivity index (χ4v) is 3.21. The molecule has 3 heteroatoms. The fraction of sp³-hybridized carbons (Fsp3) is 0.400. The molecule has 1 aromatic heterocycles. The average molecular weight is 244 g/mol. The van der Waals surface area contributed by atoms with Crippen LogP contribution in [0.1, 0.15) is 31.1 Å². The van der Waals surface area contributed by atoms with Crippen LogP contribution in [-0.2, 0) is 4.79 Å². The van der Waals surface area contributed by atoms with E-state index < -0.39 is 5.97 Å². The molecule has 2 atom stereocenters. The minimum Gasteiger partial charge on any atom is -0.481 e. The lowest BCUT2D eigenvalue weighted by molar-refractivity contribution is -0.139. The number of benzene rings is 1. The van der Waals surface area contributed by atoms with E-state index in [1.54, 1.807) is 0 Å². The molecule has 1 heterocycles. The summed E-state index contributed by atoms with van der Waals surface area (Å²) in [4.78, 5) is 11.3. The van der Waals surface area contributed by atoms with Crippen LogP contribution in [0.3, 0.4) is 0 Å². The summed E-state index contributed by atoms with van der Waals surface area (Å²) < 4.78 is 5.73. The zero-order chi connectivity index (χ0) is 13.1. The molecule has 1 aromatic carbocycles. The van der Waals surface area contributed by atoms with Crippen molar-refractivity contribution in [2.24, 2.45) is 11.3 Å². The van der Waals surface area contributed by atoms with Crippen molar-refractivity contribution < 1.29 is 14.3 Å². The zero-order valence-corrected chi connectivity index (χ0v) is 10.7. The molecule has 94 valence electrons. The summed E-state index contributed by atoms with van der Waals surface area (Å²) in [5, 5.41) is 10.3. The van der Waals surface area contributed by atoms with Crippen molar-refractivity contribution in [3.05, 3.63) is 35.6 Å². The van der Waals surface area contributed by atoms with Gasteiger partial charge in [-0.25, -0.2) is 0 Å². The van der Waals surface area contributed by atoms with Crippen LogP contribution in [0.2, 0.25) is 0 Å². The molecule has 2 unspecified atom stereocenters. The molecule has 0 amide bonds. The molecule has 3 rings (SSSR count). The van der Waals surface area contributed by atoms with Gasteiger partial charge in [-0.05, 0) is 18.4 Å². The number of fused-ring (bicyclic) bond motifs is 1. The molecule has 0 radical (unpaired) electrons. The topological polar surface area (TPSA) is 50.4 Å². The van der Waals surface area contributed by atoms with Crippen molar-refractivity contribution in [3.8, 4) is 0 Å². The highest BCUT2D eigenvalue weighted by Crippen LogP contribution is 2.66. The van der Waals surface area contributed by atoms with Gasteiger partial charge in [0.1, 0.15) is 11.3 Å². The molecule has 1 aliphatic carbocycles. The first-order chi connectivity index (χ1) is 8.44. The van der Waals surface area contributed by atoms with Gasteiger partial charge >= 0.3 is 5.97 Å². The Morgan fingerprint density at radius 1 is 1.33 bits per heavy atom. The van der Waals surface area contributed by atoms with Gasteiger partial charge in [0.15, 0.2) is 0 Å². The molecule has 2 aromatic rings. The number of carboxylic acids is 1. The third-order valence-electron chi connectivity index (χ3n) is 4.22. The molecular weight excluding hydrogens is 228 g/mol. The Kier molecular flexibility index (Phi) is 2.12. The van der Waals surface area contributed by atoms with E-state index in [4.69, 9.17) is 4.42 Å². The first-order valence-electron chi connectivity index (χ1n) is 6.15. The number of furan rings is 1. The molecule has 1 N–H and O–H groups in total. The van der Waals surface area contributed by atoms with Crippen LogP contribution in [0.25, 0.3) is 11.0 Å². The van der Waals surface area contributed by atoms with Crippen molar-refractivity contribution >= 4 is 16.9 Å². The summed E-state index contributed by atoms with van der Waals surface area (Å²) in [6.07, 6.45) is 0. The second-order valence-corrected chi connectivity index (χ2v) is 5.68. The normalized spacial score (nSPS) is 25.3. The van der Waals surface area contributed by atoms with E-state index in [0.29, 0.717) is 0 Å². The SMILES string of the molecule is Cc1oc2ccccc2c1C1C(C(=O)O)C1(C)C. The standard InChI is InChI=1S/C15H16O3/c1-8-11(9-6-4-5-7-10(9)18-8)12-13(14(16)17)15(12,2)3/h4-7,12-13H,1-3H3,(H,16,17). The quantitative estimate of drug-likeness (QED) is 0.878. The number of hydrogen-bond donors (Lipinski definition) is 1. The van der Waals surface area contributed by atoms with Crippen LogP contribution in [0.4, 0.5) is 0 Å². The van der Waals surface area contributed by atoms with Gasteiger partial charge in [-0.2, -0.15) is 0 Å². The summed E-state index contributed by atoms with van der Waals surface area (Å²) in [5.74, 6) is -0.122. The van der Waals surface area contributed by atoms with Crippen LogP contribution in [0.5, 0.6) is 0 Å². The minimum atomic E-state index is -0.713. The van der Waals surface area contributed by atoms with E-state index in [0.717, 1.165) is 22.3 Å². The van der Waals surface area contributed by atoms with Crippen LogP contribution >= 0.6 is 0 Å². The molecule has 1 fully saturated rings. The van der Waals surface area contributed by atoms with Gasteiger partial charge < -0.3 is 9.52 Å². The predicted octanol–water partition coefficient (Wildman–Crippen LogP) is 3.57. The predicted molar refractivity (Wildman–Crippen MR) is 68.6 cm³/mol. The van der Waals surface area contributed by atoms with E-state index in [1.165, 1.54) is 0 Å². The van der Waals surface area contributed by atoms with Gasteiger partial charge in [0, 0.05) is 16.9 Å². The lowest BCUT2D eigenvalue weighted by Crippen LogP contribution is -2.03. The lowest BCUT2D eigenvalue weighted by atomic mass is 10.0. The molecule has 0 aliphatic heterocycles. The molecule has 0 saturated heterocycles. The third-order valence-corrected chi connectivity index (χ3v) is 4.22. The van der Waals surface area contributed by atoms with Gasteiger partial charge in [0.2, 0.25) is 0 Å². The van der Waals surface area contributed by atoms with Crippen LogP contribution in [0.15, 0.2) is 28.7 Å². The Morgan fingerprint density at radius 3 is 2.61 bits per heavy atom. The van der Waals surface area contributed by atoms with Crippen molar-refractivity contribution in [3.63, 3.8) is 0 Å². The molecular formula is C15H16O3. The summed E-state index contributed by atoms with van der Waals surface area (Å²) in [6.45, 7) is 5.94. The van der Waals surface area contributed by atoms with Crippen molar-refractivity contribution in [2.75, 3.05) is 0 Å². The van der Waals surface area contributed by atoms with Gasteiger partial charge in [-0.15, -0.1) is 0 Å². The van der Waals surface area contributed by atoms with Crippen LogP contribution in [-0.4, -0.2) is 11.1 Å². The Morgan fingerprint density at radius 2 is 2.00 bits per heavy atom. The highest BCUT2D eigenvalue weighted by atomic mass is 16.4. The van der Waals surface area contributed by atoms with Crippen molar-refractivity contribution in [1.82, 2.24) is 0 Å². The maximum Gasteiger partial charge on any atom is 0.307 e. The zero-order valence-electron chi connectivity index (χ0n) is 10.7. The first-order valence-corrected chi connectivity index (χ1v) is 6.15.